The zero-order valence-corrected chi connectivity index (χ0v) is 13.0. The summed E-state index contributed by atoms with van der Waals surface area (Å²) in [5.41, 5.74) is 0. The number of nitrogens with one attached hydrogen (secondary N) is 1. The molecule has 0 spiro atoms. The SMILES string of the molecule is CC(Oc1ccccc1)C(=O)NCCOc1ccccc1Cl. The molecule has 2 aromatic carbocycles. The first-order valence-corrected chi connectivity index (χ1v) is 7.41. The van der Waals surface area contributed by atoms with Crippen LogP contribution in [0.5, 0.6) is 11.5 Å². The molecule has 1 atom stereocenters. The fourth-order valence-corrected chi connectivity index (χ4v) is 1.99. The summed E-state index contributed by atoms with van der Waals surface area (Å²) in [5.74, 6) is 1.08. The third kappa shape index (κ3) is 4.97. The van der Waals surface area contributed by atoms with Gasteiger partial charge < -0.3 is 14.8 Å². The van der Waals surface area contributed by atoms with E-state index in [0.29, 0.717) is 29.7 Å². The summed E-state index contributed by atoms with van der Waals surface area (Å²) in [6.07, 6.45) is -0.567. The van der Waals surface area contributed by atoms with Gasteiger partial charge in [0.05, 0.1) is 11.6 Å². The highest BCUT2D eigenvalue weighted by Crippen LogP contribution is 2.22. The second-order valence-corrected chi connectivity index (χ2v) is 5.05. The lowest BCUT2D eigenvalue weighted by Gasteiger charge is -2.15. The first kappa shape index (κ1) is 16.2. The van der Waals surface area contributed by atoms with Gasteiger partial charge in [-0.05, 0) is 31.2 Å². The van der Waals surface area contributed by atoms with Crippen LogP contribution in [0.25, 0.3) is 0 Å². The Morgan fingerprint density at radius 3 is 2.55 bits per heavy atom. The topological polar surface area (TPSA) is 47.6 Å². The van der Waals surface area contributed by atoms with Crippen LogP contribution in [0.3, 0.4) is 0 Å². The van der Waals surface area contributed by atoms with E-state index in [0.717, 1.165) is 0 Å². The number of rotatable bonds is 7. The highest BCUT2D eigenvalue weighted by atomic mass is 35.5. The van der Waals surface area contributed by atoms with Crippen molar-refractivity contribution in [1.29, 1.82) is 0 Å². The Balaban J connectivity index is 1.70. The molecule has 0 aromatic heterocycles. The van der Waals surface area contributed by atoms with E-state index in [1.165, 1.54) is 0 Å². The molecule has 0 fully saturated rings. The molecule has 4 nitrogen and oxygen atoms in total. The average molecular weight is 320 g/mol. The first-order chi connectivity index (χ1) is 10.7. The van der Waals surface area contributed by atoms with Crippen molar-refractivity contribution >= 4 is 17.5 Å². The van der Waals surface area contributed by atoms with E-state index in [9.17, 15) is 4.79 Å². The van der Waals surface area contributed by atoms with Crippen LogP contribution in [0, 0.1) is 0 Å². The van der Waals surface area contributed by atoms with Crippen LogP contribution in [0.2, 0.25) is 5.02 Å². The normalized spacial score (nSPS) is 11.5. The first-order valence-electron chi connectivity index (χ1n) is 7.03. The summed E-state index contributed by atoms with van der Waals surface area (Å²) in [7, 11) is 0. The number of benzene rings is 2. The van der Waals surface area contributed by atoms with E-state index in [4.69, 9.17) is 21.1 Å². The number of hydrogen-bond acceptors (Lipinski definition) is 3. The van der Waals surface area contributed by atoms with Gasteiger partial charge in [0.15, 0.2) is 6.10 Å². The van der Waals surface area contributed by atoms with Crippen molar-refractivity contribution in [3.63, 3.8) is 0 Å². The van der Waals surface area contributed by atoms with E-state index in [1.807, 2.05) is 42.5 Å². The van der Waals surface area contributed by atoms with Crippen LogP contribution in [0.4, 0.5) is 0 Å². The van der Waals surface area contributed by atoms with Crippen molar-refractivity contribution in [2.75, 3.05) is 13.2 Å². The van der Waals surface area contributed by atoms with Gasteiger partial charge in [-0.25, -0.2) is 0 Å². The largest absolute Gasteiger partial charge is 0.490 e. The monoisotopic (exact) mass is 319 g/mol. The van der Waals surface area contributed by atoms with E-state index in [2.05, 4.69) is 5.32 Å². The predicted molar refractivity (Wildman–Crippen MR) is 86.5 cm³/mol. The molecule has 0 saturated carbocycles. The van der Waals surface area contributed by atoms with Gasteiger partial charge in [0.25, 0.3) is 5.91 Å². The minimum atomic E-state index is -0.567. The van der Waals surface area contributed by atoms with Gasteiger partial charge in [-0.15, -0.1) is 0 Å². The summed E-state index contributed by atoms with van der Waals surface area (Å²) in [6, 6.07) is 16.4. The number of carbonyl (C=O) groups is 1. The number of para-hydroxylation sites is 2. The van der Waals surface area contributed by atoms with Gasteiger partial charge in [-0.3, -0.25) is 4.79 Å². The van der Waals surface area contributed by atoms with Crippen molar-refractivity contribution in [1.82, 2.24) is 5.32 Å². The van der Waals surface area contributed by atoms with Gasteiger partial charge in [0.2, 0.25) is 0 Å². The van der Waals surface area contributed by atoms with Crippen molar-refractivity contribution in [3.05, 3.63) is 59.6 Å². The van der Waals surface area contributed by atoms with Gasteiger partial charge >= 0.3 is 0 Å². The number of ether oxygens (including phenoxy) is 2. The molecule has 2 aromatic rings. The fraction of sp³-hybridized carbons (Fsp3) is 0.235. The quantitative estimate of drug-likeness (QED) is 0.797. The highest BCUT2D eigenvalue weighted by Gasteiger charge is 2.13. The lowest BCUT2D eigenvalue weighted by Crippen LogP contribution is -2.38. The maximum absolute atomic E-state index is 11.9. The standard InChI is InChI=1S/C17H18ClNO3/c1-13(22-14-7-3-2-4-8-14)17(20)19-11-12-21-16-10-6-5-9-15(16)18/h2-10,13H,11-12H2,1H3,(H,19,20). The number of carbonyl (C=O) groups excluding carboxylic acids is 1. The van der Waals surface area contributed by atoms with Crippen molar-refractivity contribution in [3.8, 4) is 11.5 Å². The Labute approximate surface area is 135 Å². The van der Waals surface area contributed by atoms with Gasteiger partial charge in [-0.1, -0.05) is 41.9 Å². The second kappa shape index (κ2) is 8.29. The van der Waals surface area contributed by atoms with Crippen molar-refractivity contribution < 1.29 is 14.3 Å². The van der Waals surface area contributed by atoms with Gasteiger partial charge in [-0.2, -0.15) is 0 Å². The van der Waals surface area contributed by atoms with Gasteiger partial charge in [0, 0.05) is 0 Å². The highest BCUT2D eigenvalue weighted by molar-refractivity contribution is 6.32. The summed E-state index contributed by atoms with van der Waals surface area (Å²) < 4.78 is 11.0. The number of amides is 1. The molecule has 0 aliphatic carbocycles. The Morgan fingerprint density at radius 1 is 1.14 bits per heavy atom. The van der Waals surface area contributed by atoms with E-state index in [1.54, 1.807) is 19.1 Å². The summed E-state index contributed by atoms with van der Waals surface area (Å²) in [4.78, 5) is 11.9. The molecule has 1 amide bonds. The van der Waals surface area contributed by atoms with Crippen molar-refractivity contribution in [2.24, 2.45) is 0 Å². The molecular weight excluding hydrogens is 302 g/mol. The molecule has 116 valence electrons. The Kier molecular flexibility index (Phi) is 6.10. The van der Waals surface area contributed by atoms with Crippen LogP contribution in [-0.4, -0.2) is 25.2 Å². The Morgan fingerprint density at radius 2 is 1.82 bits per heavy atom. The number of halogens is 1. The van der Waals surface area contributed by atoms with E-state index >= 15 is 0 Å². The molecule has 0 aliphatic rings. The zero-order chi connectivity index (χ0) is 15.8. The van der Waals surface area contributed by atoms with Crippen LogP contribution in [0.1, 0.15) is 6.92 Å². The minimum absolute atomic E-state index is 0.188. The third-order valence-corrected chi connectivity index (χ3v) is 3.23. The van der Waals surface area contributed by atoms with Gasteiger partial charge in [0.1, 0.15) is 18.1 Å². The van der Waals surface area contributed by atoms with Crippen LogP contribution in [-0.2, 0) is 4.79 Å². The molecule has 1 unspecified atom stereocenters. The maximum Gasteiger partial charge on any atom is 0.260 e. The lowest BCUT2D eigenvalue weighted by molar-refractivity contribution is -0.127. The molecule has 2 rings (SSSR count). The Hall–Kier alpha value is -2.20. The fourth-order valence-electron chi connectivity index (χ4n) is 1.80. The third-order valence-electron chi connectivity index (χ3n) is 2.92. The lowest BCUT2D eigenvalue weighted by atomic mass is 10.3. The van der Waals surface area contributed by atoms with Crippen molar-refractivity contribution in [2.45, 2.75) is 13.0 Å². The van der Waals surface area contributed by atoms with E-state index in [-0.39, 0.29) is 5.91 Å². The maximum atomic E-state index is 11.9. The Bertz CT molecular complexity index is 604. The molecular formula is C17H18ClNO3. The molecule has 0 saturated heterocycles. The molecule has 0 aliphatic heterocycles. The molecule has 0 radical (unpaired) electrons. The molecule has 5 heteroatoms. The minimum Gasteiger partial charge on any atom is -0.490 e. The molecule has 22 heavy (non-hydrogen) atoms. The molecule has 1 N–H and O–H groups in total. The predicted octanol–water partition coefficient (Wildman–Crippen LogP) is 3.30. The summed E-state index contributed by atoms with van der Waals surface area (Å²) in [5, 5.41) is 3.31. The molecule has 0 bridgehead atoms. The van der Waals surface area contributed by atoms with E-state index < -0.39 is 6.10 Å². The number of hydrogen-bond donors (Lipinski definition) is 1. The summed E-state index contributed by atoms with van der Waals surface area (Å²) >= 11 is 5.97. The smallest absolute Gasteiger partial charge is 0.260 e. The molecule has 0 heterocycles. The zero-order valence-electron chi connectivity index (χ0n) is 12.3. The van der Waals surface area contributed by atoms with Crippen LogP contribution < -0.4 is 14.8 Å². The second-order valence-electron chi connectivity index (χ2n) is 4.64. The van der Waals surface area contributed by atoms with Crippen LogP contribution in [0.15, 0.2) is 54.6 Å². The average Bonchev–Trinajstić information content (AvgIpc) is 2.53. The van der Waals surface area contributed by atoms with Crippen LogP contribution >= 0.6 is 11.6 Å². The summed E-state index contributed by atoms with van der Waals surface area (Å²) in [6.45, 7) is 2.43.